The van der Waals surface area contributed by atoms with Crippen LogP contribution >= 0.6 is 23.5 Å². The van der Waals surface area contributed by atoms with Crippen LogP contribution in [0.5, 0.6) is 0 Å². The summed E-state index contributed by atoms with van der Waals surface area (Å²) >= 11 is 3.08. The second-order valence-corrected chi connectivity index (χ2v) is 6.96. The summed E-state index contributed by atoms with van der Waals surface area (Å²) in [5.41, 5.74) is 0. The third kappa shape index (κ3) is 4.53. The molecule has 5 nitrogen and oxygen atoms in total. The lowest BCUT2D eigenvalue weighted by Gasteiger charge is -2.24. The molecule has 0 aliphatic rings. The van der Waals surface area contributed by atoms with Crippen molar-refractivity contribution in [1.82, 2.24) is 0 Å². The smallest absolute Gasteiger partial charge is 0.370 e. The fraction of sp³-hybridized carbons (Fsp3) is 0.889. The van der Waals surface area contributed by atoms with Gasteiger partial charge in [-0.05, 0) is 13.3 Å². The molecule has 0 saturated heterocycles. The molecule has 0 N–H and O–H groups in total. The van der Waals surface area contributed by atoms with Crippen LogP contribution in [0.3, 0.4) is 0 Å². The summed E-state index contributed by atoms with van der Waals surface area (Å²) in [7, 11) is -0.813. The zero-order chi connectivity index (χ0) is 12.8. The number of hydrogen-bond acceptors (Lipinski definition) is 5. The third-order valence-corrected chi connectivity index (χ3v) is 4.44. The van der Waals surface area contributed by atoms with Crippen LogP contribution in [-0.2, 0) is 23.1 Å². The van der Waals surface area contributed by atoms with Crippen LogP contribution in [0.4, 0.5) is 0 Å². The Hall–Kier alpha value is 0.1000. The van der Waals surface area contributed by atoms with E-state index in [1.807, 2.05) is 6.92 Å². The molecular weight excluding hydrogens is 299 g/mol. The van der Waals surface area contributed by atoms with Crippen molar-refractivity contribution in [2.45, 2.75) is 37.4 Å². The van der Waals surface area contributed by atoms with Gasteiger partial charge in [0.2, 0.25) is 5.85 Å². The molecule has 0 aromatic heterocycles. The highest BCUT2D eigenvalue weighted by atomic mass is 79.9. The van der Waals surface area contributed by atoms with Gasteiger partial charge in [-0.1, -0.05) is 29.3 Å². The molecule has 0 aliphatic carbocycles. The van der Waals surface area contributed by atoms with Gasteiger partial charge in [0.15, 0.2) is 0 Å². The Labute approximate surface area is 104 Å². The lowest BCUT2D eigenvalue weighted by Crippen LogP contribution is -2.24. The predicted octanol–water partition coefficient (Wildman–Crippen LogP) is 2.93. The molecule has 0 heterocycles. The van der Waals surface area contributed by atoms with Gasteiger partial charge < -0.3 is 13.8 Å². The molecule has 0 radical (unpaired) electrons. The van der Waals surface area contributed by atoms with Crippen LogP contribution in [0.2, 0.25) is 0 Å². The van der Waals surface area contributed by atoms with Crippen molar-refractivity contribution in [3.8, 4) is 0 Å². The van der Waals surface area contributed by atoms with E-state index >= 15 is 0 Å². The van der Waals surface area contributed by atoms with Crippen molar-refractivity contribution in [3.05, 3.63) is 0 Å². The molecule has 0 aromatic rings. The molecule has 2 unspecified atom stereocenters. The van der Waals surface area contributed by atoms with E-state index in [1.165, 1.54) is 14.2 Å². The average Bonchev–Trinajstić information content (AvgIpc) is 2.27. The SMILES string of the molecule is CCCC(OC(=O)C(C)Br)P(=O)(OC)OC. The molecule has 0 amide bonds. The second kappa shape index (κ2) is 7.43. The van der Waals surface area contributed by atoms with Crippen LogP contribution in [0, 0.1) is 0 Å². The van der Waals surface area contributed by atoms with Gasteiger partial charge in [0.1, 0.15) is 4.83 Å². The Morgan fingerprint density at radius 1 is 1.38 bits per heavy atom. The zero-order valence-corrected chi connectivity index (χ0v) is 12.4. The number of hydrogen-bond donors (Lipinski definition) is 0. The standard InChI is InChI=1S/C9H18BrO5P/c1-5-6-8(15-9(11)7(2)10)16(12,13-3)14-4/h7-8H,5-6H2,1-4H3. The summed E-state index contributed by atoms with van der Waals surface area (Å²) in [5, 5.41) is 0. The van der Waals surface area contributed by atoms with Gasteiger partial charge in [0, 0.05) is 14.2 Å². The first-order valence-corrected chi connectivity index (χ1v) is 7.49. The van der Waals surface area contributed by atoms with Crippen LogP contribution in [0.15, 0.2) is 0 Å². The average molecular weight is 317 g/mol. The minimum absolute atomic E-state index is 0.435. The van der Waals surface area contributed by atoms with E-state index in [2.05, 4.69) is 15.9 Å². The van der Waals surface area contributed by atoms with Crippen molar-refractivity contribution >= 4 is 29.5 Å². The molecule has 0 bridgehead atoms. The number of carbonyl (C=O) groups excluding carboxylic acids is 1. The van der Waals surface area contributed by atoms with E-state index in [0.29, 0.717) is 12.8 Å². The summed E-state index contributed by atoms with van der Waals surface area (Å²) < 4.78 is 26.8. The summed E-state index contributed by atoms with van der Waals surface area (Å²) in [4.78, 5) is 11.0. The number of esters is 1. The first-order chi connectivity index (χ1) is 7.41. The lowest BCUT2D eigenvalue weighted by atomic mass is 10.3. The minimum atomic E-state index is -3.37. The molecule has 0 rings (SSSR count). The normalized spacial score (nSPS) is 15.6. The van der Waals surface area contributed by atoms with Crippen molar-refractivity contribution in [1.29, 1.82) is 0 Å². The first kappa shape index (κ1) is 16.1. The highest BCUT2D eigenvalue weighted by Gasteiger charge is 2.37. The Balaban J connectivity index is 4.73. The molecule has 7 heteroatoms. The fourth-order valence-corrected chi connectivity index (χ4v) is 2.60. The molecule has 0 saturated carbocycles. The van der Waals surface area contributed by atoms with Crippen LogP contribution in [-0.4, -0.2) is 30.9 Å². The Morgan fingerprint density at radius 2 is 1.88 bits per heavy atom. The van der Waals surface area contributed by atoms with Crippen LogP contribution in [0.1, 0.15) is 26.7 Å². The predicted molar refractivity (Wildman–Crippen MR) is 64.8 cm³/mol. The van der Waals surface area contributed by atoms with Gasteiger partial charge in [-0.25, -0.2) is 0 Å². The Bertz CT molecular complexity index is 261. The third-order valence-electron chi connectivity index (χ3n) is 1.97. The maximum absolute atomic E-state index is 12.1. The molecule has 0 aromatic carbocycles. The minimum Gasteiger partial charge on any atom is -0.449 e. The van der Waals surface area contributed by atoms with Crippen molar-refractivity contribution in [2.75, 3.05) is 14.2 Å². The number of carbonyl (C=O) groups is 1. The monoisotopic (exact) mass is 316 g/mol. The van der Waals surface area contributed by atoms with E-state index < -0.39 is 24.2 Å². The number of halogens is 1. The van der Waals surface area contributed by atoms with E-state index in [4.69, 9.17) is 13.8 Å². The summed E-state index contributed by atoms with van der Waals surface area (Å²) in [6.45, 7) is 3.53. The maximum Gasteiger partial charge on any atom is 0.370 e. The maximum atomic E-state index is 12.1. The number of alkyl halides is 1. The molecule has 0 fully saturated rings. The number of ether oxygens (including phenoxy) is 1. The largest absolute Gasteiger partial charge is 0.449 e. The topological polar surface area (TPSA) is 61.8 Å². The summed E-state index contributed by atoms with van der Waals surface area (Å²) in [6, 6.07) is 0. The van der Waals surface area contributed by atoms with E-state index in [-0.39, 0.29) is 0 Å². The van der Waals surface area contributed by atoms with Gasteiger partial charge >= 0.3 is 13.6 Å². The lowest BCUT2D eigenvalue weighted by molar-refractivity contribution is -0.145. The first-order valence-electron chi connectivity index (χ1n) is 4.97. The Morgan fingerprint density at radius 3 is 2.19 bits per heavy atom. The van der Waals surface area contributed by atoms with Gasteiger partial charge in [0.05, 0.1) is 0 Å². The zero-order valence-electron chi connectivity index (χ0n) is 9.94. The highest BCUT2D eigenvalue weighted by Crippen LogP contribution is 2.53. The van der Waals surface area contributed by atoms with E-state index in [0.717, 1.165) is 0 Å². The van der Waals surface area contributed by atoms with Gasteiger partial charge in [-0.2, -0.15) is 0 Å². The van der Waals surface area contributed by atoms with Gasteiger partial charge in [-0.15, -0.1) is 0 Å². The van der Waals surface area contributed by atoms with E-state index in [1.54, 1.807) is 6.92 Å². The van der Waals surface area contributed by atoms with Gasteiger partial charge in [0.25, 0.3) is 0 Å². The molecule has 2 atom stereocenters. The molecular formula is C9H18BrO5P. The quantitative estimate of drug-likeness (QED) is 0.410. The second-order valence-electron chi connectivity index (χ2n) is 3.20. The van der Waals surface area contributed by atoms with Crippen molar-refractivity contribution in [3.63, 3.8) is 0 Å². The number of rotatable bonds is 7. The van der Waals surface area contributed by atoms with Crippen molar-refractivity contribution < 1.29 is 23.1 Å². The fourth-order valence-electron chi connectivity index (χ4n) is 1.07. The van der Waals surface area contributed by atoms with Crippen LogP contribution < -0.4 is 0 Å². The van der Waals surface area contributed by atoms with E-state index in [9.17, 15) is 9.36 Å². The molecule has 0 spiro atoms. The van der Waals surface area contributed by atoms with Gasteiger partial charge in [-0.3, -0.25) is 9.36 Å². The Kier molecular flexibility index (Phi) is 7.48. The van der Waals surface area contributed by atoms with Crippen molar-refractivity contribution in [2.24, 2.45) is 0 Å². The molecule has 0 aliphatic heterocycles. The summed E-state index contributed by atoms with van der Waals surface area (Å²) in [5.74, 6) is -1.33. The molecule has 16 heavy (non-hydrogen) atoms. The summed E-state index contributed by atoms with van der Waals surface area (Å²) in [6.07, 6.45) is 1.15. The van der Waals surface area contributed by atoms with Crippen LogP contribution in [0.25, 0.3) is 0 Å². The highest BCUT2D eigenvalue weighted by molar-refractivity contribution is 9.10. The molecule has 96 valence electrons.